The topological polar surface area (TPSA) is 94.3 Å². The molecule has 0 unspecified atom stereocenters. The summed E-state index contributed by atoms with van der Waals surface area (Å²) >= 11 is 0. The van der Waals surface area contributed by atoms with Crippen LogP contribution in [0.5, 0.6) is 0 Å². The van der Waals surface area contributed by atoms with Crippen LogP contribution in [0.15, 0.2) is 6.07 Å². The van der Waals surface area contributed by atoms with E-state index in [4.69, 9.17) is 15.3 Å². The van der Waals surface area contributed by atoms with Crippen LogP contribution < -0.4 is 16.6 Å². The maximum atomic E-state index is 5.42. The minimum absolute atomic E-state index is 0.0111. The molecule has 0 radical (unpaired) electrons. The van der Waals surface area contributed by atoms with Crippen LogP contribution in [0.3, 0.4) is 0 Å². The van der Waals surface area contributed by atoms with E-state index in [2.05, 4.69) is 27.6 Å². The Balaban J connectivity index is 2.16. The molecule has 0 aliphatic carbocycles. The first-order chi connectivity index (χ1) is 9.15. The molecule has 0 amide bonds. The summed E-state index contributed by atoms with van der Waals surface area (Å²) in [5, 5.41) is 3.45. The molecule has 1 aromatic heterocycles. The van der Waals surface area contributed by atoms with Crippen LogP contribution in [0.25, 0.3) is 0 Å². The predicted molar refractivity (Wildman–Crippen MR) is 72.6 cm³/mol. The van der Waals surface area contributed by atoms with Crippen LogP contribution in [0, 0.1) is 0 Å². The first kappa shape index (κ1) is 14.0. The van der Waals surface area contributed by atoms with Gasteiger partial charge in [0.2, 0.25) is 0 Å². The minimum Gasteiger partial charge on any atom is -0.381 e. The zero-order chi connectivity index (χ0) is 13.7. The first-order valence-electron chi connectivity index (χ1n) is 6.35. The molecule has 7 heteroatoms. The van der Waals surface area contributed by atoms with Crippen molar-refractivity contribution < 1.29 is 9.47 Å². The van der Waals surface area contributed by atoms with E-state index < -0.39 is 0 Å². The monoisotopic (exact) mass is 267 g/mol. The van der Waals surface area contributed by atoms with Crippen molar-refractivity contribution in [1.29, 1.82) is 0 Å². The fourth-order valence-electron chi connectivity index (χ4n) is 2.08. The molecule has 19 heavy (non-hydrogen) atoms. The number of nitrogens with zero attached hydrogens (tertiary/aromatic N) is 2. The lowest BCUT2D eigenvalue weighted by molar-refractivity contribution is 0.0657. The van der Waals surface area contributed by atoms with E-state index in [-0.39, 0.29) is 5.54 Å². The van der Waals surface area contributed by atoms with Gasteiger partial charge < -0.3 is 20.2 Å². The highest BCUT2D eigenvalue weighted by molar-refractivity contribution is 5.48. The molecule has 1 fully saturated rings. The van der Waals surface area contributed by atoms with Gasteiger partial charge in [0.15, 0.2) is 5.82 Å². The van der Waals surface area contributed by atoms with Crippen molar-refractivity contribution >= 4 is 11.6 Å². The second-order valence-electron chi connectivity index (χ2n) is 4.93. The van der Waals surface area contributed by atoms with Crippen molar-refractivity contribution in [1.82, 2.24) is 9.97 Å². The minimum atomic E-state index is -0.0111. The molecule has 0 saturated carbocycles. The second-order valence-corrected chi connectivity index (χ2v) is 4.93. The lowest BCUT2D eigenvalue weighted by Crippen LogP contribution is -2.41. The van der Waals surface area contributed by atoms with E-state index in [1.165, 1.54) is 0 Å². The number of anilines is 2. The van der Waals surface area contributed by atoms with Crippen LogP contribution in [-0.4, -0.2) is 35.8 Å². The molecule has 2 heterocycles. The van der Waals surface area contributed by atoms with Crippen molar-refractivity contribution in [3.8, 4) is 0 Å². The van der Waals surface area contributed by atoms with Gasteiger partial charge in [-0.2, -0.15) is 0 Å². The van der Waals surface area contributed by atoms with Crippen molar-refractivity contribution in [2.45, 2.75) is 31.9 Å². The summed E-state index contributed by atoms with van der Waals surface area (Å²) in [6.07, 6.45) is 1.89. The van der Waals surface area contributed by atoms with Crippen LogP contribution in [0.2, 0.25) is 0 Å². The summed E-state index contributed by atoms with van der Waals surface area (Å²) in [6.45, 7) is 4.05. The fourth-order valence-corrected chi connectivity index (χ4v) is 2.08. The molecular formula is C12H21N5O2. The van der Waals surface area contributed by atoms with Crippen molar-refractivity contribution in [2.75, 3.05) is 31.1 Å². The summed E-state index contributed by atoms with van der Waals surface area (Å²) in [6, 6.07) is 1.79. The lowest BCUT2D eigenvalue weighted by Gasteiger charge is -2.35. The molecule has 7 nitrogen and oxygen atoms in total. The van der Waals surface area contributed by atoms with E-state index in [1.807, 2.05) is 0 Å². The SMILES string of the molecule is COCc1nc(NN)cc(NC2(C)CCOCC2)n1. The normalized spacial score (nSPS) is 18.1. The third kappa shape index (κ3) is 3.76. The Hall–Kier alpha value is -1.44. The maximum absolute atomic E-state index is 5.42. The number of nitrogens with one attached hydrogen (secondary N) is 2. The zero-order valence-electron chi connectivity index (χ0n) is 11.4. The molecule has 1 aromatic rings. The number of nitrogen functional groups attached to an aromatic ring is 1. The Labute approximate surface area is 112 Å². The van der Waals surface area contributed by atoms with Crippen LogP contribution in [-0.2, 0) is 16.1 Å². The van der Waals surface area contributed by atoms with Gasteiger partial charge in [0, 0.05) is 31.9 Å². The standard InChI is InChI=1S/C12H21N5O2/c1-12(3-5-19-6-4-12)16-9-7-10(17-13)15-11(14-9)8-18-2/h7H,3-6,8,13H2,1-2H3,(H2,14,15,16,17). The molecule has 2 rings (SSSR count). The Bertz CT molecular complexity index is 421. The van der Waals surface area contributed by atoms with Crippen LogP contribution in [0.4, 0.5) is 11.6 Å². The molecule has 1 aliphatic heterocycles. The molecule has 106 valence electrons. The number of methoxy groups -OCH3 is 1. The summed E-state index contributed by atoms with van der Waals surface area (Å²) < 4.78 is 10.4. The van der Waals surface area contributed by atoms with Gasteiger partial charge in [-0.15, -0.1) is 0 Å². The lowest BCUT2D eigenvalue weighted by atomic mass is 9.92. The Morgan fingerprint density at radius 1 is 1.37 bits per heavy atom. The van der Waals surface area contributed by atoms with Gasteiger partial charge >= 0.3 is 0 Å². The molecule has 0 spiro atoms. The van der Waals surface area contributed by atoms with Gasteiger partial charge in [-0.3, -0.25) is 0 Å². The Morgan fingerprint density at radius 2 is 2.05 bits per heavy atom. The molecule has 0 atom stereocenters. The first-order valence-corrected chi connectivity index (χ1v) is 6.35. The van der Waals surface area contributed by atoms with Gasteiger partial charge in [0.25, 0.3) is 0 Å². The maximum Gasteiger partial charge on any atom is 0.158 e. The number of rotatable bonds is 5. The molecule has 0 aromatic carbocycles. The van der Waals surface area contributed by atoms with Gasteiger partial charge in [0.1, 0.15) is 18.2 Å². The molecule has 1 saturated heterocycles. The van der Waals surface area contributed by atoms with Crippen LogP contribution in [0.1, 0.15) is 25.6 Å². The van der Waals surface area contributed by atoms with Crippen molar-refractivity contribution in [3.05, 3.63) is 11.9 Å². The molecule has 4 N–H and O–H groups in total. The highest BCUT2D eigenvalue weighted by Crippen LogP contribution is 2.25. The van der Waals surface area contributed by atoms with E-state index in [9.17, 15) is 0 Å². The van der Waals surface area contributed by atoms with Crippen molar-refractivity contribution in [3.63, 3.8) is 0 Å². The van der Waals surface area contributed by atoms with E-state index in [1.54, 1.807) is 13.2 Å². The molecule has 1 aliphatic rings. The number of hydrogen-bond donors (Lipinski definition) is 3. The number of nitrogens with two attached hydrogens (primary N) is 1. The summed E-state index contributed by atoms with van der Waals surface area (Å²) in [4.78, 5) is 8.65. The highest BCUT2D eigenvalue weighted by Gasteiger charge is 2.27. The van der Waals surface area contributed by atoms with Gasteiger partial charge in [-0.1, -0.05) is 0 Å². The Morgan fingerprint density at radius 3 is 2.68 bits per heavy atom. The number of hydrogen-bond acceptors (Lipinski definition) is 7. The number of ether oxygens (including phenoxy) is 2. The smallest absolute Gasteiger partial charge is 0.158 e. The van der Waals surface area contributed by atoms with E-state index in [0.29, 0.717) is 18.2 Å². The van der Waals surface area contributed by atoms with Gasteiger partial charge in [-0.25, -0.2) is 15.8 Å². The second kappa shape index (κ2) is 6.14. The van der Waals surface area contributed by atoms with E-state index >= 15 is 0 Å². The third-order valence-electron chi connectivity index (χ3n) is 3.22. The quantitative estimate of drug-likeness (QED) is 0.538. The molecular weight excluding hydrogens is 246 g/mol. The number of hydrazine groups is 1. The highest BCUT2D eigenvalue weighted by atomic mass is 16.5. The average Bonchev–Trinajstić information content (AvgIpc) is 2.39. The Kier molecular flexibility index (Phi) is 4.52. The van der Waals surface area contributed by atoms with Crippen LogP contribution >= 0.6 is 0 Å². The fraction of sp³-hybridized carbons (Fsp3) is 0.667. The van der Waals surface area contributed by atoms with Gasteiger partial charge in [-0.05, 0) is 19.8 Å². The summed E-state index contributed by atoms with van der Waals surface area (Å²) in [7, 11) is 1.61. The van der Waals surface area contributed by atoms with Gasteiger partial charge in [0.05, 0.1) is 0 Å². The predicted octanol–water partition coefficient (Wildman–Crippen LogP) is 0.890. The third-order valence-corrected chi connectivity index (χ3v) is 3.22. The zero-order valence-corrected chi connectivity index (χ0v) is 11.4. The average molecular weight is 267 g/mol. The van der Waals surface area contributed by atoms with Crippen molar-refractivity contribution in [2.24, 2.45) is 5.84 Å². The largest absolute Gasteiger partial charge is 0.381 e. The number of aromatic nitrogens is 2. The summed E-state index contributed by atoms with van der Waals surface area (Å²) in [5.74, 6) is 7.33. The summed E-state index contributed by atoms with van der Waals surface area (Å²) in [5.41, 5.74) is 2.53. The molecule has 0 bridgehead atoms. The van der Waals surface area contributed by atoms with E-state index in [0.717, 1.165) is 31.9 Å².